The van der Waals surface area contributed by atoms with E-state index >= 15 is 0 Å². The Kier molecular flexibility index (Phi) is 15.5. The van der Waals surface area contributed by atoms with E-state index in [1.165, 1.54) is 7.11 Å². The van der Waals surface area contributed by atoms with Gasteiger partial charge in [-0.2, -0.15) is 0 Å². The van der Waals surface area contributed by atoms with Gasteiger partial charge in [-0.15, -0.1) is 0 Å². The summed E-state index contributed by atoms with van der Waals surface area (Å²) in [5, 5.41) is 15.7. The van der Waals surface area contributed by atoms with Crippen molar-refractivity contribution in [1.82, 2.24) is 25.3 Å². The number of hydrogen-bond donors (Lipinski definition) is 3. The predicted molar refractivity (Wildman–Crippen MR) is 205 cm³/mol. The van der Waals surface area contributed by atoms with Crippen LogP contribution in [0.2, 0.25) is 0 Å². The lowest BCUT2D eigenvalue weighted by Gasteiger charge is -2.41. The third-order valence-electron chi connectivity index (χ3n) is 12.6. The van der Waals surface area contributed by atoms with Gasteiger partial charge in [0.25, 0.3) is 0 Å². The number of carbonyl (C=O) groups is 5. The van der Waals surface area contributed by atoms with E-state index < -0.39 is 54.2 Å². The largest absolute Gasteiger partial charge is 0.480 e. The fraction of sp³-hybridized carbons (Fsp3) is 0.732. The van der Waals surface area contributed by atoms with Crippen molar-refractivity contribution in [3.05, 3.63) is 35.9 Å². The van der Waals surface area contributed by atoms with Gasteiger partial charge >= 0.3 is 5.97 Å². The van der Waals surface area contributed by atoms with Gasteiger partial charge in [0.15, 0.2) is 0 Å². The lowest BCUT2D eigenvalue weighted by molar-refractivity contribution is -0.148. The van der Waals surface area contributed by atoms with E-state index in [0.29, 0.717) is 24.9 Å². The van der Waals surface area contributed by atoms with Crippen LogP contribution in [0, 0.1) is 23.7 Å². The molecule has 3 unspecified atom stereocenters. The Labute approximate surface area is 321 Å². The third kappa shape index (κ3) is 9.81. The molecule has 13 nitrogen and oxygen atoms in total. The van der Waals surface area contributed by atoms with Gasteiger partial charge in [-0.25, -0.2) is 4.79 Å². The van der Waals surface area contributed by atoms with Gasteiger partial charge in [0.2, 0.25) is 23.6 Å². The Morgan fingerprint density at radius 2 is 1.67 bits per heavy atom. The molecule has 2 heterocycles. The monoisotopic (exact) mass is 755 g/mol. The number of carboxylic acids is 1. The van der Waals surface area contributed by atoms with Crippen LogP contribution in [0.25, 0.3) is 0 Å². The summed E-state index contributed by atoms with van der Waals surface area (Å²) in [6.07, 6.45) is 4.04. The van der Waals surface area contributed by atoms with Crippen LogP contribution < -0.4 is 10.6 Å². The van der Waals surface area contributed by atoms with Crippen molar-refractivity contribution in [2.24, 2.45) is 23.7 Å². The number of nitrogens with zero attached hydrogens (tertiary/aromatic N) is 3. The topological polar surface area (TPSA) is 158 Å². The number of methoxy groups -OCH3 is 2. The van der Waals surface area contributed by atoms with Crippen molar-refractivity contribution in [3.8, 4) is 0 Å². The number of carboxylic acid groups (broad SMARTS) is 1. The van der Waals surface area contributed by atoms with Crippen LogP contribution in [-0.4, -0.2) is 133 Å². The zero-order valence-corrected chi connectivity index (χ0v) is 33.8. The molecule has 2 bridgehead atoms. The molecular formula is C41H65N5O8. The maximum atomic E-state index is 14.3. The number of rotatable bonds is 19. The SMILES string of the molecule is CC[C@H](C)[C@@H]([C@@H](CC(=O)N1CCC[C@H]1[C@H](OC)[C@@H](C)C(=O)N[C@@H](Cc1ccccc1)C(=O)O)OC)N(C)C(=O)[C@@H](NC(=O)C1C2CCC(C2)N1C)C(C)C. The molecule has 1 aromatic rings. The average Bonchev–Trinajstić information content (AvgIpc) is 3.90. The second-order valence-corrected chi connectivity index (χ2v) is 16.2. The summed E-state index contributed by atoms with van der Waals surface area (Å²) in [5.74, 6) is -2.71. The number of ether oxygens (including phenoxy) is 2. The second kappa shape index (κ2) is 19.4. The van der Waals surface area contributed by atoms with Gasteiger partial charge in [-0.05, 0) is 62.5 Å². The molecular weight excluding hydrogens is 690 g/mol. The number of amides is 4. The minimum Gasteiger partial charge on any atom is -0.480 e. The van der Waals surface area contributed by atoms with E-state index in [2.05, 4.69) is 15.5 Å². The Hall–Kier alpha value is -3.55. The summed E-state index contributed by atoms with van der Waals surface area (Å²) >= 11 is 0. The zero-order chi connectivity index (χ0) is 39.9. The summed E-state index contributed by atoms with van der Waals surface area (Å²) < 4.78 is 11.9. The number of piperidine rings is 1. The van der Waals surface area contributed by atoms with Gasteiger partial charge in [0.05, 0.1) is 42.7 Å². The molecule has 0 spiro atoms. The van der Waals surface area contributed by atoms with Crippen molar-refractivity contribution in [2.45, 2.75) is 134 Å². The molecule has 1 aliphatic carbocycles. The summed E-state index contributed by atoms with van der Waals surface area (Å²) in [6.45, 7) is 10.1. The number of nitrogens with one attached hydrogen (secondary N) is 2. The molecule has 4 amide bonds. The summed E-state index contributed by atoms with van der Waals surface area (Å²) in [7, 11) is 6.80. The fourth-order valence-electron chi connectivity index (χ4n) is 9.24. The molecule has 2 saturated heterocycles. The van der Waals surface area contributed by atoms with Gasteiger partial charge < -0.3 is 35.0 Å². The normalized spacial score (nSPS) is 25.0. The molecule has 302 valence electrons. The summed E-state index contributed by atoms with van der Waals surface area (Å²) in [5.41, 5.74) is 0.789. The molecule has 3 fully saturated rings. The minimum atomic E-state index is -1.13. The molecule has 0 radical (unpaired) electrons. The average molecular weight is 756 g/mol. The van der Waals surface area contributed by atoms with Gasteiger partial charge in [-0.3, -0.25) is 24.1 Å². The number of hydrogen-bond acceptors (Lipinski definition) is 8. The van der Waals surface area contributed by atoms with Crippen molar-refractivity contribution in [3.63, 3.8) is 0 Å². The molecule has 1 saturated carbocycles. The molecule has 11 atom stereocenters. The van der Waals surface area contributed by atoms with Crippen LogP contribution >= 0.6 is 0 Å². The Morgan fingerprint density at radius 3 is 2.22 bits per heavy atom. The smallest absolute Gasteiger partial charge is 0.326 e. The molecule has 1 aromatic carbocycles. The number of fused-ring (bicyclic) bond motifs is 2. The van der Waals surface area contributed by atoms with Crippen molar-refractivity contribution in [1.29, 1.82) is 0 Å². The predicted octanol–water partition coefficient (Wildman–Crippen LogP) is 3.34. The van der Waals surface area contributed by atoms with E-state index in [4.69, 9.17) is 9.47 Å². The highest BCUT2D eigenvalue weighted by atomic mass is 16.5. The molecule has 3 aliphatic rings. The van der Waals surface area contributed by atoms with Crippen molar-refractivity contribution in [2.75, 3.05) is 34.9 Å². The van der Waals surface area contributed by atoms with E-state index in [9.17, 15) is 29.1 Å². The van der Waals surface area contributed by atoms with Gasteiger partial charge in [-0.1, -0.05) is 71.4 Å². The molecule has 54 heavy (non-hydrogen) atoms. The van der Waals surface area contributed by atoms with Crippen LogP contribution in [0.4, 0.5) is 0 Å². The Balaban J connectivity index is 1.46. The summed E-state index contributed by atoms with van der Waals surface area (Å²) in [6, 6.07) is 6.58. The van der Waals surface area contributed by atoms with Crippen molar-refractivity contribution < 1.29 is 38.6 Å². The first-order valence-corrected chi connectivity index (χ1v) is 19.9. The highest BCUT2D eigenvalue weighted by Gasteiger charge is 2.49. The number of aliphatic carboxylic acids is 1. The maximum Gasteiger partial charge on any atom is 0.326 e. The highest BCUT2D eigenvalue weighted by Crippen LogP contribution is 2.41. The fourth-order valence-corrected chi connectivity index (χ4v) is 9.24. The lowest BCUT2D eigenvalue weighted by Crippen LogP contribution is -2.60. The number of likely N-dealkylation sites (N-methyl/N-ethyl adjacent to an activating group) is 2. The Bertz CT molecular complexity index is 1440. The van der Waals surface area contributed by atoms with Crippen LogP contribution in [-0.2, 0) is 39.9 Å². The zero-order valence-electron chi connectivity index (χ0n) is 33.8. The first-order chi connectivity index (χ1) is 25.6. The van der Waals surface area contributed by atoms with Crippen LogP contribution in [0.3, 0.4) is 0 Å². The number of benzene rings is 1. The quantitative estimate of drug-likeness (QED) is 0.193. The van der Waals surface area contributed by atoms with Crippen LogP contribution in [0.1, 0.15) is 85.1 Å². The van der Waals surface area contributed by atoms with E-state index in [1.54, 1.807) is 30.9 Å². The van der Waals surface area contributed by atoms with Gasteiger partial charge in [0.1, 0.15) is 12.1 Å². The first kappa shape index (κ1) is 43.2. The van der Waals surface area contributed by atoms with Gasteiger partial charge in [0, 0.05) is 40.3 Å². The first-order valence-electron chi connectivity index (χ1n) is 19.9. The number of likely N-dealkylation sites (tertiary alicyclic amines) is 2. The van der Waals surface area contributed by atoms with Crippen LogP contribution in [0.15, 0.2) is 30.3 Å². The van der Waals surface area contributed by atoms with E-state index in [1.807, 2.05) is 65.1 Å². The lowest BCUT2D eigenvalue weighted by atomic mass is 9.89. The number of carbonyl (C=O) groups excluding carboxylic acids is 4. The maximum absolute atomic E-state index is 14.3. The van der Waals surface area contributed by atoms with Crippen molar-refractivity contribution >= 4 is 29.6 Å². The minimum absolute atomic E-state index is 0.00342. The molecule has 3 N–H and O–H groups in total. The highest BCUT2D eigenvalue weighted by molar-refractivity contribution is 5.90. The summed E-state index contributed by atoms with van der Waals surface area (Å²) in [4.78, 5) is 73.3. The molecule has 13 heteroatoms. The molecule has 2 aliphatic heterocycles. The Morgan fingerprint density at radius 1 is 0.981 bits per heavy atom. The molecule has 0 aromatic heterocycles. The third-order valence-corrected chi connectivity index (χ3v) is 12.6. The standard InChI is InChI=1S/C41H65N5O8/c1-10-25(4)35(45(7)40(50)34(24(2)3)43-39(49)36-28-18-19-29(22-28)44(36)6)32(53-8)23-33(47)46-20-14-17-31(46)37(54-9)26(5)38(48)42-30(41(51)52)21-27-15-12-11-13-16-27/h11-13,15-16,24-26,28-32,34-37H,10,14,17-23H2,1-9H3,(H,42,48)(H,43,49)(H,51,52)/t25-,26+,28?,29?,30-,31-,32+,34-,35-,36?,37+/m0/s1. The van der Waals surface area contributed by atoms with E-state index in [0.717, 1.165) is 37.7 Å². The second-order valence-electron chi connectivity index (χ2n) is 16.2. The molecule has 4 rings (SSSR count). The van der Waals surface area contributed by atoms with E-state index in [-0.39, 0.29) is 48.4 Å². The van der Waals surface area contributed by atoms with Crippen LogP contribution in [0.5, 0.6) is 0 Å².